The van der Waals surface area contributed by atoms with Crippen LogP contribution in [0.3, 0.4) is 0 Å². The Morgan fingerprint density at radius 3 is 2.60 bits per heavy atom. The zero-order chi connectivity index (χ0) is 14.1. The molecule has 0 amide bonds. The molecule has 0 fully saturated rings. The van der Waals surface area contributed by atoms with Crippen LogP contribution < -0.4 is 5.76 Å². The fourth-order valence-electron chi connectivity index (χ4n) is 1.74. The number of hydrogen-bond acceptors (Lipinski definition) is 4. The maximum Gasteiger partial charge on any atom is 0.437 e. The molecule has 0 spiro atoms. The van der Waals surface area contributed by atoms with E-state index in [4.69, 9.17) is 27.6 Å². The number of halogens is 2. The van der Waals surface area contributed by atoms with Gasteiger partial charge in [-0.1, -0.05) is 35.3 Å². The molecule has 3 aromatic rings. The number of hydrogen-bond donors (Lipinski definition) is 0. The summed E-state index contributed by atoms with van der Waals surface area (Å²) in [6.07, 6.45) is 0. The first-order valence-electron chi connectivity index (χ1n) is 5.70. The molecule has 0 aliphatic carbocycles. The summed E-state index contributed by atoms with van der Waals surface area (Å²) in [5.41, 5.74) is 0.643. The average molecular weight is 327 g/mol. The highest BCUT2D eigenvalue weighted by Crippen LogP contribution is 2.25. The lowest BCUT2D eigenvalue weighted by Gasteiger charge is -2.04. The summed E-state index contributed by atoms with van der Waals surface area (Å²) in [6, 6.07) is 8.88. The van der Waals surface area contributed by atoms with E-state index in [2.05, 4.69) is 5.10 Å². The minimum absolute atomic E-state index is 0.173. The predicted octanol–water partition coefficient (Wildman–Crippen LogP) is 3.92. The Bertz CT molecular complexity index is 773. The predicted molar refractivity (Wildman–Crippen MR) is 79.6 cm³/mol. The van der Waals surface area contributed by atoms with Gasteiger partial charge in [0.25, 0.3) is 5.89 Å². The molecule has 0 aliphatic heterocycles. The van der Waals surface area contributed by atoms with Crippen LogP contribution in [0.25, 0.3) is 10.8 Å². The van der Waals surface area contributed by atoms with E-state index in [1.807, 2.05) is 17.5 Å². The first-order valence-corrected chi connectivity index (χ1v) is 7.33. The monoisotopic (exact) mass is 326 g/mol. The minimum Gasteiger partial charge on any atom is -0.387 e. The fourth-order valence-corrected chi connectivity index (χ4v) is 2.90. The molecule has 0 radical (unpaired) electrons. The maximum atomic E-state index is 11.8. The molecule has 2 heterocycles. The van der Waals surface area contributed by atoms with E-state index in [9.17, 15) is 4.79 Å². The molecular weight excluding hydrogens is 319 g/mol. The van der Waals surface area contributed by atoms with Crippen molar-refractivity contribution < 1.29 is 4.42 Å². The van der Waals surface area contributed by atoms with Gasteiger partial charge in [0.05, 0.1) is 11.4 Å². The molecule has 7 heteroatoms. The molecule has 2 aromatic heterocycles. The van der Waals surface area contributed by atoms with Crippen molar-refractivity contribution in [2.75, 3.05) is 0 Å². The number of aromatic nitrogens is 2. The van der Waals surface area contributed by atoms with Gasteiger partial charge in [0.2, 0.25) is 0 Å². The lowest BCUT2D eigenvalue weighted by atomic mass is 10.2. The van der Waals surface area contributed by atoms with Gasteiger partial charge < -0.3 is 4.42 Å². The molecule has 0 saturated carbocycles. The quantitative estimate of drug-likeness (QED) is 0.732. The maximum absolute atomic E-state index is 11.8. The van der Waals surface area contributed by atoms with Crippen molar-refractivity contribution >= 4 is 34.5 Å². The van der Waals surface area contributed by atoms with E-state index < -0.39 is 5.76 Å². The first-order chi connectivity index (χ1) is 9.65. The number of thiophene rings is 1. The van der Waals surface area contributed by atoms with Crippen LogP contribution in [-0.2, 0) is 6.54 Å². The molecule has 3 rings (SSSR count). The lowest BCUT2D eigenvalue weighted by molar-refractivity contribution is 0.496. The fraction of sp³-hybridized carbons (Fsp3) is 0.0769. The molecule has 102 valence electrons. The van der Waals surface area contributed by atoms with Crippen LogP contribution in [0.5, 0.6) is 0 Å². The largest absolute Gasteiger partial charge is 0.437 e. The molecular formula is C13H8Cl2N2O2S. The second-order valence-electron chi connectivity index (χ2n) is 4.01. The highest BCUT2D eigenvalue weighted by Gasteiger charge is 2.14. The second kappa shape index (κ2) is 5.44. The summed E-state index contributed by atoms with van der Waals surface area (Å²) in [4.78, 5) is 12.6. The van der Waals surface area contributed by atoms with Crippen LogP contribution >= 0.6 is 34.5 Å². The van der Waals surface area contributed by atoms with Crippen molar-refractivity contribution in [3.05, 3.63) is 61.9 Å². The standard InChI is InChI=1S/C13H8Cl2N2O2S/c14-9-3-1-4-10(15)8(9)7-17-13(18)19-12(16-17)11-5-2-6-20-11/h1-6H,7H2. The summed E-state index contributed by atoms with van der Waals surface area (Å²) in [5, 5.41) is 7.03. The van der Waals surface area contributed by atoms with Crippen molar-refractivity contribution in [2.24, 2.45) is 0 Å². The highest BCUT2D eigenvalue weighted by molar-refractivity contribution is 7.13. The smallest absolute Gasteiger partial charge is 0.387 e. The summed E-state index contributed by atoms with van der Waals surface area (Å²) < 4.78 is 6.34. The third kappa shape index (κ3) is 2.52. The molecule has 0 N–H and O–H groups in total. The van der Waals surface area contributed by atoms with Gasteiger partial charge in [0, 0.05) is 15.6 Å². The van der Waals surface area contributed by atoms with Gasteiger partial charge in [-0.15, -0.1) is 16.4 Å². The summed E-state index contributed by atoms with van der Waals surface area (Å²) in [6.45, 7) is 0.173. The van der Waals surface area contributed by atoms with Crippen molar-refractivity contribution in [3.8, 4) is 10.8 Å². The van der Waals surface area contributed by atoms with E-state index in [-0.39, 0.29) is 6.54 Å². The summed E-state index contributed by atoms with van der Waals surface area (Å²) >= 11 is 13.6. The Balaban J connectivity index is 1.98. The Morgan fingerprint density at radius 1 is 1.20 bits per heavy atom. The lowest BCUT2D eigenvalue weighted by Crippen LogP contribution is -2.17. The van der Waals surface area contributed by atoms with Crippen molar-refractivity contribution in [2.45, 2.75) is 6.54 Å². The number of rotatable bonds is 3. The minimum atomic E-state index is -0.538. The Morgan fingerprint density at radius 2 is 1.95 bits per heavy atom. The van der Waals surface area contributed by atoms with Crippen LogP contribution in [0.1, 0.15) is 5.56 Å². The van der Waals surface area contributed by atoms with E-state index in [1.165, 1.54) is 16.0 Å². The van der Waals surface area contributed by atoms with E-state index in [0.717, 1.165) is 4.88 Å². The van der Waals surface area contributed by atoms with E-state index in [0.29, 0.717) is 21.5 Å². The van der Waals surface area contributed by atoms with Gasteiger partial charge in [0.15, 0.2) is 0 Å². The van der Waals surface area contributed by atoms with Crippen LogP contribution in [0.2, 0.25) is 10.0 Å². The Kier molecular flexibility index (Phi) is 3.65. The molecule has 0 bridgehead atoms. The van der Waals surface area contributed by atoms with Gasteiger partial charge in [-0.3, -0.25) is 0 Å². The summed E-state index contributed by atoms with van der Waals surface area (Å²) in [5.74, 6) is -0.238. The molecule has 1 aromatic carbocycles. The normalized spacial score (nSPS) is 10.9. The SMILES string of the molecule is O=c1oc(-c2cccs2)nn1Cc1c(Cl)cccc1Cl. The first kappa shape index (κ1) is 13.4. The van der Waals surface area contributed by atoms with Gasteiger partial charge in [-0.05, 0) is 23.6 Å². The van der Waals surface area contributed by atoms with Crippen LogP contribution in [0, 0.1) is 0 Å². The van der Waals surface area contributed by atoms with Crippen LogP contribution in [-0.4, -0.2) is 9.78 Å². The van der Waals surface area contributed by atoms with Gasteiger partial charge in [-0.2, -0.15) is 4.68 Å². The van der Waals surface area contributed by atoms with E-state index in [1.54, 1.807) is 18.2 Å². The summed E-state index contributed by atoms with van der Waals surface area (Å²) in [7, 11) is 0. The van der Waals surface area contributed by atoms with Crippen molar-refractivity contribution in [3.63, 3.8) is 0 Å². The zero-order valence-corrected chi connectivity index (χ0v) is 12.4. The van der Waals surface area contributed by atoms with Crippen LogP contribution in [0.4, 0.5) is 0 Å². The topological polar surface area (TPSA) is 48.0 Å². The molecule has 0 atom stereocenters. The second-order valence-corrected chi connectivity index (χ2v) is 5.77. The molecule has 0 unspecified atom stereocenters. The third-order valence-corrected chi connectivity index (χ3v) is 4.27. The van der Waals surface area contributed by atoms with Gasteiger partial charge in [0.1, 0.15) is 0 Å². The van der Waals surface area contributed by atoms with Crippen molar-refractivity contribution in [1.82, 2.24) is 9.78 Å². The average Bonchev–Trinajstić information content (AvgIpc) is 3.04. The van der Waals surface area contributed by atoms with Crippen LogP contribution in [0.15, 0.2) is 44.9 Å². The number of nitrogens with zero attached hydrogens (tertiary/aromatic N) is 2. The zero-order valence-electron chi connectivity index (χ0n) is 10.0. The van der Waals surface area contributed by atoms with Gasteiger partial charge >= 0.3 is 5.76 Å². The molecule has 0 saturated heterocycles. The number of benzene rings is 1. The van der Waals surface area contributed by atoms with Crippen molar-refractivity contribution in [1.29, 1.82) is 0 Å². The Labute approximate surface area is 128 Å². The molecule has 4 nitrogen and oxygen atoms in total. The Hall–Kier alpha value is -1.56. The van der Waals surface area contributed by atoms with E-state index >= 15 is 0 Å². The third-order valence-electron chi connectivity index (χ3n) is 2.71. The van der Waals surface area contributed by atoms with Gasteiger partial charge in [-0.25, -0.2) is 4.79 Å². The molecule has 0 aliphatic rings. The molecule has 20 heavy (non-hydrogen) atoms. The highest BCUT2D eigenvalue weighted by atomic mass is 35.5.